The number of aliphatic carboxylic acids is 1. The molecule has 2 rings (SSSR count). The number of nitrogens with one attached hydrogen (secondary N) is 1. The van der Waals surface area contributed by atoms with Gasteiger partial charge in [0.05, 0.1) is 16.0 Å². The Kier molecular flexibility index (Phi) is 5.24. The van der Waals surface area contributed by atoms with Crippen molar-refractivity contribution in [2.24, 2.45) is 5.41 Å². The molecule has 114 valence electrons. The van der Waals surface area contributed by atoms with Crippen LogP contribution in [0.15, 0.2) is 22.7 Å². The van der Waals surface area contributed by atoms with E-state index in [4.69, 9.17) is 16.3 Å². The predicted molar refractivity (Wildman–Crippen MR) is 81.6 cm³/mol. The molecule has 0 spiro atoms. The molecule has 5 nitrogen and oxygen atoms in total. The molecule has 2 N–H and O–H groups in total. The van der Waals surface area contributed by atoms with Crippen molar-refractivity contribution >= 4 is 39.4 Å². The van der Waals surface area contributed by atoms with Crippen molar-refractivity contribution in [3.8, 4) is 0 Å². The number of halogens is 2. The molecular weight excluding hydrogens is 362 g/mol. The molecule has 0 saturated carbocycles. The number of ether oxygens (including phenoxy) is 1. The van der Waals surface area contributed by atoms with Crippen LogP contribution in [0.1, 0.15) is 23.2 Å². The van der Waals surface area contributed by atoms with Gasteiger partial charge in [-0.25, -0.2) is 0 Å². The van der Waals surface area contributed by atoms with Crippen molar-refractivity contribution in [2.45, 2.75) is 12.8 Å². The molecule has 0 aliphatic carbocycles. The summed E-state index contributed by atoms with van der Waals surface area (Å²) in [6.07, 6.45) is 0.768. The summed E-state index contributed by atoms with van der Waals surface area (Å²) in [4.78, 5) is 23.7. The minimum atomic E-state index is -0.966. The van der Waals surface area contributed by atoms with Crippen LogP contribution in [0.4, 0.5) is 0 Å². The monoisotopic (exact) mass is 375 g/mol. The average Bonchev–Trinajstić information content (AvgIpc) is 2.48. The standard InChI is InChI=1S/C14H15BrClNO4/c15-10-3-1-2-9(11(10)16)12(18)17-8-14(13(19)20)4-6-21-7-5-14/h1-3H,4-8H2,(H,17,18)(H,19,20). The van der Waals surface area contributed by atoms with E-state index in [1.54, 1.807) is 18.2 Å². The number of carboxylic acid groups (broad SMARTS) is 1. The van der Waals surface area contributed by atoms with Crippen molar-refractivity contribution in [3.05, 3.63) is 33.3 Å². The summed E-state index contributed by atoms with van der Waals surface area (Å²) < 4.78 is 5.82. The van der Waals surface area contributed by atoms with Crippen LogP contribution >= 0.6 is 27.5 Å². The van der Waals surface area contributed by atoms with Crippen molar-refractivity contribution in [3.63, 3.8) is 0 Å². The van der Waals surface area contributed by atoms with Crippen LogP contribution in [0.2, 0.25) is 5.02 Å². The van der Waals surface area contributed by atoms with Gasteiger partial charge in [0.15, 0.2) is 0 Å². The molecule has 0 unspecified atom stereocenters. The van der Waals surface area contributed by atoms with Gasteiger partial charge < -0.3 is 15.2 Å². The smallest absolute Gasteiger partial charge is 0.311 e. The lowest BCUT2D eigenvalue weighted by Crippen LogP contribution is -2.46. The van der Waals surface area contributed by atoms with E-state index in [1.807, 2.05) is 0 Å². The average molecular weight is 377 g/mol. The zero-order valence-corrected chi connectivity index (χ0v) is 13.5. The van der Waals surface area contributed by atoms with Crippen LogP contribution in [-0.4, -0.2) is 36.7 Å². The molecule has 1 aromatic carbocycles. The fraction of sp³-hybridized carbons (Fsp3) is 0.429. The number of carboxylic acids is 1. The Morgan fingerprint density at radius 1 is 1.38 bits per heavy atom. The topological polar surface area (TPSA) is 75.6 Å². The van der Waals surface area contributed by atoms with Crippen LogP contribution in [0.3, 0.4) is 0 Å². The molecule has 7 heteroatoms. The second-order valence-corrected chi connectivity index (χ2v) is 6.21. The SMILES string of the molecule is O=C(NCC1(C(=O)O)CCOCC1)c1cccc(Br)c1Cl. The fourth-order valence-corrected chi connectivity index (χ4v) is 2.83. The lowest BCUT2D eigenvalue weighted by Gasteiger charge is -2.33. The van der Waals surface area contributed by atoms with Gasteiger partial charge in [0, 0.05) is 24.2 Å². The molecule has 1 aromatic rings. The molecule has 1 aliphatic heterocycles. The maximum absolute atomic E-state index is 12.2. The third-order valence-electron chi connectivity index (χ3n) is 3.69. The Hall–Kier alpha value is -1.11. The normalized spacial score (nSPS) is 17.2. The van der Waals surface area contributed by atoms with Gasteiger partial charge in [0.1, 0.15) is 0 Å². The van der Waals surface area contributed by atoms with Gasteiger partial charge in [-0.15, -0.1) is 0 Å². The molecular formula is C14H15BrClNO4. The van der Waals surface area contributed by atoms with E-state index in [0.29, 0.717) is 41.1 Å². The first-order valence-electron chi connectivity index (χ1n) is 6.50. The summed E-state index contributed by atoms with van der Waals surface area (Å²) in [5, 5.41) is 12.4. The van der Waals surface area contributed by atoms with Crippen LogP contribution in [0.25, 0.3) is 0 Å². The molecule has 1 heterocycles. The highest BCUT2D eigenvalue weighted by atomic mass is 79.9. The summed E-state index contributed by atoms with van der Waals surface area (Å²) in [5.74, 6) is -1.29. The Morgan fingerprint density at radius 3 is 2.67 bits per heavy atom. The quantitative estimate of drug-likeness (QED) is 0.847. The summed E-state index contributed by atoms with van der Waals surface area (Å²) in [6.45, 7) is 0.840. The third-order valence-corrected chi connectivity index (χ3v) is 4.98. The molecule has 0 aromatic heterocycles. The second-order valence-electron chi connectivity index (χ2n) is 4.98. The van der Waals surface area contributed by atoms with Crippen LogP contribution < -0.4 is 5.32 Å². The summed E-state index contributed by atoms with van der Waals surface area (Å²) in [7, 11) is 0. The first-order chi connectivity index (χ1) is 9.96. The molecule has 0 bridgehead atoms. The van der Waals surface area contributed by atoms with Crippen LogP contribution in [-0.2, 0) is 9.53 Å². The van der Waals surface area contributed by atoms with E-state index < -0.39 is 11.4 Å². The largest absolute Gasteiger partial charge is 0.481 e. The first-order valence-corrected chi connectivity index (χ1v) is 7.67. The van der Waals surface area contributed by atoms with Gasteiger partial charge in [0.25, 0.3) is 5.91 Å². The number of hydrogen-bond acceptors (Lipinski definition) is 3. The van der Waals surface area contributed by atoms with Gasteiger partial charge in [-0.1, -0.05) is 17.7 Å². The van der Waals surface area contributed by atoms with Gasteiger partial charge in [-0.3, -0.25) is 9.59 Å². The van der Waals surface area contributed by atoms with E-state index >= 15 is 0 Å². The minimum Gasteiger partial charge on any atom is -0.481 e. The maximum Gasteiger partial charge on any atom is 0.311 e. The molecule has 1 aliphatic rings. The number of carbonyl (C=O) groups excluding carboxylic acids is 1. The molecule has 0 atom stereocenters. The maximum atomic E-state index is 12.2. The minimum absolute atomic E-state index is 0.0629. The van der Waals surface area contributed by atoms with E-state index in [0.717, 1.165) is 0 Å². The number of amides is 1. The Balaban J connectivity index is 2.09. The number of carbonyl (C=O) groups is 2. The molecule has 1 saturated heterocycles. The van der Waals surface area contributed by atoms with E-state index in [9.17, 15) is 14.7 Å². The van der Waals surface area contributed by atoms with Crippen molar-refractivity contribution in [1.82, 2.24) is 5.32 Å². The summed E-state index contributed by atoms with van der Waals surface area (Å²) >= 11 is 9.32. The first kappa shape index (κ1) is 16.3. The van der Waals surface area contributed by atoms with E-state index in [2.05, 4.69) is 21.2 Å². The predicted octanol–water partition coefficient (Wildman–Crippen LogP) is 2.71. The number of rotatable bonds is 4. The zero-order chi connectivity index (χ0) is 15.5. The molecule has 1 amide bonds. The molecule has 0 radical (unpaired) electrons. The highest BCUT2D eigenvalue weighted by Gasteiger charge is 2.40. The number of hydrogen-bond donors (Lipinski definition) is 2. The van der Waals surface area contributed by atoms with E-state index in [-0.39, 0.29) is 12.5 Å². The van der Waals surface area contributed by atoms with Gasteiger partial charge in [-0.05, 0) is 40.9 Å². The lowest BCUT2D eigenvalue weighted by molar-refractivity contribution is -0.154. The Bertz CT molecular complexity index is 558. The van der Waals surface area contributed by atoms with Crippen LogP contribution in [0, 0.1) is 5.41 Å². The van der Waals surface area contributed by atoms with E-state index in [1.165, 1.54) is 0 Å². The zero-order valence-electron chi connectivity index (χ0n) is 11.2. The lowest BCUT2D eigenvalue weighted by atomic mass is 9.80. The summed E-state index contributed by atoms with van der Waals surface area (Å²) in [6, 6.07) is 5.03. The van der Waals surface area contributed by atoms with Crippen molar-refractivity contribution < 1.29 is 19.4 Å². The van der Waals surface area contributed by atoms with Crippen molar-refractivity contribution in [1.29, 1.82) is 0 Å². The highest BCUT2D eigenvalue weighted by molar-refractivity contribution is 9.10. The molecule has 1 fully saturated rings. The van der Waals surface area contributed by atoms with Crippen molar-refractivity contribution in [2.75, 3.05) is 19.8 Å². The summed E-state index contributed by atoms with van der Waals surface area (Å²) in [5.41, 5.74) is -0.648. The Labute approximate surface area is 135 Å². The fourth-order valence-electron chi connectivity index (χ4n) is 2.25. The highest BCUT2D eigenvalue weighted by Crippen LogP contribution is 2.31. The van der Waals surface area contributed by atoms with Gasteiger partial charge >= 0.3 is 5.97 Å². The molecule has 21 heavy (non-hydrogen) atoms. The third kappa shape index (κ3) is 3.56. The Morgan fingerprint density at radius 2 is 2.05 bits per heavy atom. The van der Waals surface area contributed by atoms with Gasteiger partial charge in [0.2, 0.25) is 0 Å². The van der Waals surface area contributed by atoms with Gasteiger partial charge in [-0.2, -0.15) is 0 Å². The number of benzene rings is 1. The second kappa shape index (κ2) is 6.77. The van der Waals surface area contributed by atoms with Crippen LogP contribution in [0.5, 0.6) is 0 Å².